The summed E-state index contributed by atoms with van der Waals surface area (Å²) in [6.45, 7) is 2.37. The Morgan fingerprint density at radius 2 is 1.92 bits per heavy atom. The first-order chi connectivity index (χ1) is 12.5. The van der Waals surface area contributed by atoms with E-state index < -0.39 is 11.7 Å². The standard InChI is InChI=1S/C19H22ClNO5/c1-2-26-21-13-9-7-5-3-4-6-8-10-25-19(24)17-14(11-13)18(20)16(23)12-15(17)22/h4,6-7,9,12,22-23H,2-3,5,8,10-11H2,1H3. The average Bonchev–Trinajstić information content (AvgIpc) is 2.61. The van der Waals surface area contributed by atoms with E-state index in [-0.39, 0.29) is 34.9 Å². The lowest BCUT2D eigenvalue weighted by atomic mass is 9.99. The Labute approximate surface area is 157 Å². The highest BCUT2D eigenvalue weighted by Gasteiger charge is 2.24. The van der Waals surface area contributed by atoms with Crippen LogP contribution >= 0.6 is 11.6 Å². The summed E-state index contributed by atoms with van der Waals surface area (Å²) in [7, 11) is 0. The van der Waals surface area contributed by atoms with Gasteiger partial charge in [0.15, 0.2) is 0 Å². The number of phenolic OH excluding ortho intramolecular Hbond substituents is 2. The third kappa shape index (κ3) is 5.26. The first kappa shape index (κ1) is 19.8. The van der Waals surface area contributed by atoms with E-state index in [2.05, 4.69) is 5.16 Å². The maximum absolute atomic E-state index is 12.4. The lowest BCUT2D eigenvalue weighted by molar-refractivity contribution is 0.0507. The summed E-state index contributed by atoms with van der Waals surface area (Å²) in [4.78, 5) is 17.6. The fourth-order valence-electron chi connectivity index (χ4n) is 2.47. The van der Waals surface area contributed by atoms with Crippen LogP contribution in [0.15, 0.2) is 35.5 Å². The number of hydrogen-bond donors (Lipinski definition) is 2. The van der Waals surface area contributed by atoms with Crippen LogP contribution in [-0.2, 0) is 16.0 Å². The number of nitrogens with zero attached hydrogens (tertiary/aromatic N) is 1. The second-order valence-corrected chi connectivity index (χ2v) is 6.01. The second-order valence-electron chi connectivity index (χ2n) is 5.64. The van der Waals surface area contributed by atoms with Gasteiger partial charge in [-0.1, -0.05) is 35.0 Å². The largest absolute Gasteiger partial charge is 0.507 e. The van der Waals surface area contributed by atoms with Crippen LogP contribution in [-0.4, -0.2) is 35.1 Å². The van der Waals surface area contributed by atoms with Crippen molar-refractivity contribution in [2.45, 2.75) is 32.6 Å². The van der Waals surface area contributed by atoms with E-state index in [0.717, 1.165) is 18.9 Å². The van der Waals surface area contributed by atoms with Gasteiger partial charge in [-0.2, -0.15) is 0 Å². The van der Waals surface area contributed by atoms with Crippen LogP contribution in [0.2, 0.25) is 5.02 Å². The summed E-state index contributed by atoms with van der Waals surface area (Å²) in [5.41, 5.74) is 0.671. The molecule has 0 bridgehead atoms. The number of allylic oxidation sites excluding steroid dienone is 3. The van der Waals surface area contributed by atoms with Gasteiger partial charge in [0.2, 0.25) is 0 Å². The van der Waals surface area contributed by atoms with Gasteiger partial charge in [-0.3, -0.25) is 0 Å². The Kier molecular flexibility index (Phi) is 7.53. The number of oxime groups is 1. The Morgan fingerprint density at radius 1 is 1.19 bits per heavy atom. The molecule has 0 atom stereocenters. The summed E-state index contributed by atoms with van der Waals surface area (Å²) >= 11 is 6.20. The van der Waals surface area contributed by atoms with Crippen LogP contribution in [0, 0.1) is 0 Å². The Bertz CT molecular complexity index is 740. The zero-order valence-electron chi connectivity index (χ0n) is 14.6. The molecule has 0 aliphatic carbocycles. The molecule has 1 heterocycles. The van der Waals surface area contributed by atoms with Crippen molar-refractivity contribution in [3.63, 3.8) is 0 Å². The van der Waals surface area contributed by atoms with Crippen LogP contribution in [0.3, 0.4) is 0 Å². The van der Waals surface area contributed by atoms with Gasteiger partial charge in [0.1, 0.15) is 23.7 Å². The van der Waals surface area contributed by atoms with Gasteiger partial charge < -0.3 is 19.8 Å². The third-order valence-corrected chi connectivity index (χ3v) is 4.11. The summed E-state index contributed by atoms with van der Waals surface area (Å²) in [6.07, 6.45) is 10.0. The molecule has 140 valence electrons. The minimum absolute atomic E-state index is 0.0284. The lowest BCUT2D eigenvalue weighted by Crippen LogP contribution is -2.13. The SMILES string of the molecule is CCON=C1C=CCCC=CCCOC(=O)c2c(O)cc(O)c(Cl)c2C1. The Morgan fingerprint density at radius 3 is 2.69 bits per heavy atom. The van der Waals surface area contributed by atoms with Crippen molar-refractivity contribution in [2.75, 3.05) is 13.2 Å². The number of rotatable bonds is 2. The summed E-state index contributed by atoms with van der Waals surface area (Å²) in [6, 6.07) is 1.03. The highest BCUT2D eigenvalue weighted by atomic mass is 35.5. The molecular weight excluding hydrogens is 358 g/mol. The fourth-order valence-corrected chi connectivity index (χ4v) is 2.68. The lowest BCUT2D eigenvalue weighted by Gasteiger charge is -2.14. The minimum atomic E-state index is -0.704. The number of fused-ring (bicyclic) bond motifs is 1. The molecule has 26 heavy (non-hydrogen) atoms. The number of cyclic esters (lactones) is 1. The molecule has 2 N–H and O–H groups in total. The Balaban J connectivity index is 2.51. The molecule has 6 nitrogen and oxygen atoms in total. The van der Waals surface area contributed by atoms with E-state index in [1.54, 1.807) is 13.0 Å². The minimum Gasteiger partial charge on any atom is -0.507 e. The van der Waals surface area contributed by atoms with Gasteiger partial charge in [-0.25, -0.2) is 4.79 Å². The van der Waals surface area contributed by atoms with E-state index in [9.17, 15) is 15.0 Å². The van der Waals surface area contributed by atoms with Crippen LogP contribution in [0.4, 0.5) is 0 Å². The predicted octanol–water partition coefficient (Wildman–Crippen LogP) is 4.14. The molecule has 1 aromatic carbocycles. The number of ether oxygens (including phenoxy) is 1. The molecular formula is C19H22ClNO5. The van der Waals surface area contributed by atoms with Gasteiger partial charge in [-0.15, -0.1) is 0 Å². The van der Waals surface area contributed by atoms with Crippen molar-refractivity contribution >= 4 is 23.3 Å². The van der Waals surface area contributed by atoms with Crippen molar-refractivity contribution in [1.29, 1.82) is 0 Å². The highest BCUT2D eigenvalue weighted by molar-refractivity contribution is 6.33. The molecule has 0 fully saturated rings. The van der Waals surface area contributed by atoms with E-state index in [4.69, 9.17) is 21.2 Å². The van der Waals surface area contributed by atoms with Crippen LogP contribution in [0.1, 0.15) is 42.1 Å². The predicted molar refractivity (Wildman–Crippen MR) is 100.0 cm³/mol. The van der Waals surface area contributed by atoms with Crippen molar-refractivity contribution in [1.82, 2.24) is 0 Å². The Hall–Kier alpha value is -2.47. The molecule has 0 spiro atoms. The molecule has 0 amide bonds. The zero-order chi connectivity index (χ0) is 18.9. The number of phenols is 2. The summed E-state index contributed by atoms with van der Waals surface area (Å²) in [5.74, 6) is -1.42. The van der Waals surface area contributed by atoms with Crippen LogP contribution in [0.25, 0.3) is 0 Å². The molecule has 0 radical (unpaired) electrons. The quantitative estimate of drug-likeness (QED) is 0.458. The monoisotopic (exact) mass is 379 g/mol. The maximum Gasteiger partial charge on any atom is 0.342 e. The molecule has 7 heteroatoms. The van der Waals surface area contributed by atoms with Gasteiger partial charge >= 0.3 is 5.97 Å². The molecule has 0 saturated heterocycles. The smallest absolute Gasteiger partial charge is 0.342 e. The summed E-state index contributed by atoms with van der Waals surface area (Å²) < 4.78 is 5.23. The van der Waals surface area contributed by atoms with Gasteiger partial charge in [-0.05, 0) is 37.8 Å². The van der Waals surface area contributed by atoms with Crippen molar-refractivity contribution < 1.29 is 24.6 Å². The molecule has 1 aromatic rings. The highest BCUT2D eigenvalue weighted by Crippen LogP contribution is 2.37. The number of benzene rings is 1. The number of carbonyl (C=O) groups excluding carboxylic acids is 1. The molecule has 0 unspecified atom stereocenters. The molecule has 1 aliphatic rings. The van der Waals surface area contributed by atoms with Crippen molar-refractivity contribution in [3.05, 3.63) is 46.5 Å². The maximum atomic E-state index is 12.4. The van der Waals surface area contributed by atoms with Gasteiger partial charge in [0, 0.05) is 12.5 Å². The van der Waals surface area contributed by atoms with E-state index in [1.807, 2.05) is 18.2 Å². The molecule has 1 aliphatic heterocycles. The molecule has 0 aromatic heterocycles. The normalized spacial score (nSPS) is 17.5. The number of hydrogen-bond acceptors (Lipinski definition) is 6. The van der Waals surface area contributed by atoms with E-state index in [1.165, 1.54) is 0 Å². The van der Waals surface area contributed by atoms with Crippen LogP contribution < -0.4 is 0 Å². The second kappa shape index (κ2) is 9.87. The molecule has 2 rings (SSSR count). The third-order valence-electron chi connectivity index (χ3n) is 3.69. The van der Waals surface area contributed by atoms with Crippen molar-refractivity contribution in [3.8, 4) is 11.5 Å². The topological polar surface area (TPSA) is 88.4 Å². The van der Waals surface area contributed by atoms with E-state index >= 15 is 0 Å². The van der Waals surface area contributed by atoms with Gasteiger partial charge in [0.05, 0.1) is 17.3 Å². The van der Waals surface area contributed by atoms with Crippen LogP contribution in [0.5, 0.6) is 11.5 Å². The van der Waals surface area contributed by atoms with E-state index in [0.29, 0.717) is 18.7 Å². The zero-order valence-corrected chi connectivity index (χ0v) is 15.3. The average molecular weight is 380 g/mol. The first-order valence-corrected chi connectivity index (χ1v) is 8.83. The number of esters is 1. The molecule has 0 saturated carbocycles. The number of halogens is 1. The number of aromatic hydroxyl groups is 2. The first-order valence-electron chi connectivity index (χ1n) is 8.45. The van der Waals surface area contributed by atoms with Gasteiger partial charge in [0.25, 0.3) is 0 Å². The number of carbonyl (C=O) groups is 1. The van der Waals surface area contributed by atoms with Crippen molar-refractivity contribution in [2.24, 2.45) is 5.16 Å². The fraction of sp³-hybridized carbons (Fsp3) is 0.368. The summed E-state index contributed by atoms with van der Waals surface area (Å²) in [5, 5.41) is 24.1.